The second-order valence-corrected chi connectivity index (χ2v) is 6.87. The van der Waals surface area contributed by atoms with Crippen LogP contribution >= 0.6 is 0 Å². The SMILES string of the molecule is CC(C)NC(=O)NCc1ccc2c(c1)C(=O)N(C1CCC(=O)NC1=O)C2. The molecule has 0 spiro atoms. The zero-order valence-electron chi connectivity index (χ0n) is 14.8. The van der Waals surface area contributed by atoms with E-state index in [9.17, 15) is 19.2 Å². The van der Waals surface area contributed by atoms with Gasteiger partial charge in [-0.1, -0.05) is 12.1 Å². The molecule has 2 aliphatic heterocycles. The summed E-state index contributed by atoms with van der Waals surface area (Å²) >= 11 is 0. The van der Waals surface area contributed by atoms with Gasteiger partial charge in [-0.05, 0) is 37.5 Å². The largest absolute Gasteiger partial charge is 0.336 e. The minimum absolute atomic E-state index is 0.0404. The summed E-state index contributed by atoms with van der Waals surface area (Å²) in [7, 11) is 0. The van der Waals surface area contributed by atoms with Crippen LogP contribution < -0.4 is 16.0 Å². The molecule has 3 N–H and O–H groups in total. The summed E-state index contributed by atoms with van der Waals surface area (Å²) in [6.07, 6.45) is 0.574. The molecule has 0 saturated carbocycles. The third-order valence-electron chi connectivity index (χ3n) is 4.47. The summed E-state index contributed by atoms with van der Waals surface area (Å²) in [5, 5.41) is 7.77. The highest BCUT2D eigenvalue weighted by molar-refractivity contribution is 6.05. The predicted octanol–water partition coefficient (Wildman–Crippen LogP) is 0.655. The van der Waals surface area contributed by atoms with E-state index in [4.69, 9.17) is 0 Å². The van der Waals surface area contributed by atoms with Crippen LogP contribution in [0.3, 0.4) is 0 Å². The second-order valence-electron chi connectivity index (χ2n) is 6.87. The number of nitrogens with one attached hydrogen (secondary N) is 3. The molecule has 3 rings (SSSR count). The molecule has 1 atom stereocenters. The molecular formula is C18H22N4O4. The van der Waals surface area contributed by atoms with Crippen LogP contribution in [0.2, 0.25) is 0 Å². The van der Waals surface area contributed by atoms with E-state index in [2.05, 4.69) is 16.0 Å². The first-order chi connectivity index (χ1) is 12.3. The highest BCUT2D eigenvalue weighted by Crippen LogP contribution is 2.28. The molecule has 8 heteroatoms. The minimum Gasteiger partial charge on any atom is -0.336 e. The van der Waals surface area contributed by atoms with Crippen LogP contribution in [0.4, 0.5) is 4.79 Å². The number of nitrogens with zero attached hydrogens (tertiary/aromatic N) is 1. The number of hydrogen-bond donors (Lipinski definition) is 3. The van der Waals surface area contributed by atoms with Crippen molar-refractivity contribution in [3.8, 4) is 0 Å². The van der Waals surface area contributed by atoms with Gasteiger partial charge in [-0.15, -0.1) is 0 Å². The van der Waals surface area contributed by atoms with Crippen LogP contribution in [0.15, 0.2) is 18.2 Å². The van der Waals surface area contributed by atoms with Gasteiger partial charge in [0, 0.05) is 31.1 Å². The number of fused-ring (bicyclic) bond motifs is 1. The lowest BCUT2D eigenvalue weighted by Crippen LogP contribution is -2.52. The number of rotatable bonds is 4. The van der Waals surface area contributed by atoms with Crippen molar-refractivity contribution in [2.24, 2.45) is 0 Å². The number of urea groups is 1. The lowest BCUT2D eigenvalue weighted by molar-refractivity contribution is -0.136. The number of benzene rings is 1. The number of imide groups is 1. The number of carbonyl (C=O) groups excluding carboxylic acids is 4. The summed E-state index contributed by atoms with van der Waals surface area (Å²) < 4.78 is 0. The van der Waals surface area contributed by atoms with Crippen LogP contribution in [0.25, 0.3) is 0 Å². The van der Waals surface area contributed by atoms with Gasteiger partial charge in [-0.25, -0.2) is 4.79 Å². The molecule has 26 heavy (non-hydrogen) atoms. The molecule has 1 saturated heterocycles. The van der Waals surface area contributed by atoms with Gasteiger partial charge in [0.25, 0.3) is 5.91 Å². The summed E-state index contributed by atoms with van der Waals surface area (Å²) in [5.41, 5.74) is 2.19. The Bertz CT molecular complexity index is 774. The topological polar surface area (TPSA) is 108 Å². The lowest BCUT2D eigenvalue weighted by atomic mass is 10.0. The fraction of sp³-hybridized carbons (Fsp3) is 0.444. The molecule has 1 unspecified atom stereocenters. The smallest absolute Gasteiger partial charge is 0.315 e. The molecule has 1 aromatic rings. The van der Waals surface area contributed by atoms with Crippen molar-refractivity contribution in [1.29, 1.82) is 0 Å². The van der Waals surface area contributed by atoms with Crippen molar-refractivity contribution in [1.82, 2.24) is 20.9 Å². The molecule has 1 fully saturated rings. The van der Waals surface area contributed by atoms with Crippen LogP contribution in [0.5, 0.6) is 0 Å². The number of carbonyl (C=O) groups is 4. The molecule has 8 nitrogen and oxygen atoms in total. The average Bonchev–Trinajstić information content (AvgIpc) is 2.89. The van der Waals surface area contributed by atoms with Crippen LogP contribution in [0.1, 0.15) is 48.2 Å². The van der Waals surface area contributed by atoms with Gasteiger partial charge in [-0.3, -0.25) is 19.7 Å². The van der Waals surface area contributed by atoms with E-state index >= 15 is 0 Å². The standard InChI is InChI=1S/C18H22N4O4/c1-10(2)20-18(26)19-8-11-3-4-12-9-22(17(25)13(12)7-11)14-5-6-15(23)21-16(14)24/h3-4,7,10,14H,5-6,8-9H2,1-2H3,(H2,19,20,26)(H,21,23,24). The van der Waals surface area contributed by atoms with Crippen molar-refractivity contribution >= 4 is 23.8 Å². The molecule has 2 aliphatic rings. The third kappa shape index (κ3) is 3.68. The van der Waals surface area contributed by atoms with E-state index < -0.39 is 11.9 Å². The monoisotopic (exact) mass is 358 g/mol. The molecule has 1 aromatic carbocycles. The molecule has 5 amide bonds. The zero-order chi connectivity index (χ0) is 18.8. The Morgan fingerprint density at radius 1 is 1.31 bits per heavy atom. The minimum atomic E-state index is -0.619. The maximum absolute atomic E-state index is 12.7. The van der Waals surface area contributed by atoms with Gasteiger partial charge >= 0.3 is 6.03 Å². The summed E-state index contributed by atoms with van der Waals surface area (Å²) in [6, 6.07) is 4.60. The lowest BCUT2D eigenvalue weighted by Gasteiger charge is -2.29. The van der Waals surface area contributed by atoms with Crippen molar-refractivity contribution < 1.29 is 19.2 Å². The molecule has 0 aliphatic carbocycles. The maximum atomic E-state index is 12.7. The van der Waals surface area contributed by atoms with Crippen molar-refractivity contribution in [3.63, 3.8) is 0 Å². The molecule has 0 radical (unpaired) electrons. The first-order valence-corrected chi connectivity index (χ1v) is 8.66. The van der Waals surface area contributed by atoms with E-state index in [0.717, 1.165) is 11.1 Å². The Balaban J connectivity index is 1.68. The fourth-order valence-corrected chi connectivity index (χ4v) is 3.21. The summed E-state index contributed by atoms with van der Waals surface area (Å²) in [5.74, 6) is -0.943. The average molecular weight is 358 g/mol. The quantitative estimate of drug-likeness (QED) is 0.687. The Morgan fingerprint density at radius 3 is 2.77 bits per heavy atom. The predicted molar refractivity (Wildman–Crippen MR) is 93.0 cm³/mol. The van der Waals surface area contributed by atoms with E-state index in [0.29, 0.717) is 25.1 Å². The van der Waals surface area contributed by atoms with Gasteiger partial charge < -0.3 is 15.5 Å². The molecule has 2 heterocycles. The van der Waals surface area contributed by atoms with E-state index in [-0.39, 0.29) is 30.3 Å². The van der Waals surface area contributed by atoms with Gasteiger partial charge in [-0.2, -0.15) is 0 Å². The van der Waals surface area contributed by atoms with Crippen molar-refractivity contribution in [3.05, 3.63) is 34.9 Å². The van der Waals surface area contributed by atoms with Crippen LogP contribution in [-0.2, 0) is 22.7 Å². The summed E-state index contributed by atoms with van der Waals surface area (Å²) in [4.78, 5) is 49.2. The second kappa shape index (κ2) is 7.15. The number of hydrogen-bond acceptors (Lipinski definition) is 4. The highest BCUT2D eigenvalue weighted by Gasteiger charge is 2.39. The van der Waals surface area contributed by atoms with E-state index in [1.54, 1.807) is 6.07 Å². The Hall–Kier alpha value is -2.90. The van der Waals surface area contributed by atoms with Gasteiger partial charge in [0.05, 0.1) is 0 Å². The number of piperidine rings is 1. The first-order valence-electron chi connectivity index (χ1n) is 8.66. The zero-order valence-corrected chi connectivity index (χ0v) is 14.8. The van der Waals surface area contributed by atoms with Crippen molar-refractivity contribution in [2.75, 3.05) is 0 Å². The molecule has 138 valence electrons. The first kappa shape index (κ1) is 17.9. The molecule has 0 aromatic heterocycles. The van der Waals surface area contributed by atoms with Crippen LogP contribution in [-0.4, -0.2) is 40.7 Å². The maximum Gasteiger partial charge on any atom is 0.315 e. The molecular weight excluding hydrogens is 336 g/mol. The molecule has 0 bridgehead atoms. The van der Waals surface area contributed by atoms with E-state index in [1.807, 2.05) is 26.0 Å². The Labute approximate surface area is 151 Å². The fourth-order valence-electron chi connectivity index (χ4n) is 3.21. The number of amides is 5. The van der Waals surface area contributed by atoms with Gasteiger partial charge in [0.1, 0.15) is 6.04 Å². The Morgan fingerprint density at radius 2 is 2.08 bits per heavy atom. The highest BCUT2D eigenvalue weighted by atomic mass is 16.2. The Kier molecular flexibility index (Phi) is 4.92. The van der Waals surface area contributed by atoms with Gasteiger partial charge in [0.2, 0.25) is 11.8 Å². The normalized spacial score (nSPS) is 19.4. The summed E-state index contributed by atoms with van der Waals surface area (Å²) in [6.45, 7) is 4.40. The van der Waals surface area contributed by atoms with Crippen molar-refractivity contribution in [2.45, 2.75) is 51.9 Å². The van der Waals surface area contributed by atoms with E-state index in [1.165, 1.54) is 4.90 Å². The van der Waals surface area contributed by atoms with Crippen LogP contribution in [0, 0.1) is 0 Å². The third-order valence-corrected chi connectivity index (χ3v) is 4.47. The van der Waals surface area contributed by atoms with Gasteiger partial charge in [0.15, 0.2) is 0 Å².